The summed E-state index contributed by atoms with van der Waals surface area (Å²) < 4.78 is 0. The minimum Gasteiger partial charge on any atom is -0.495 e. The molecule has 0 radical (unpaired) electrons. The lowest BCUT2D eigenvalue weighted by Gasteiger charge is -2.16. The van der Waals surface area contributed by atoms with Gasteiger partial charge in [-0.25, -0.2) is 9.59 Å². The number of urea groups is 1. The molecule has 0 aromatic carbocycles. The van der Waals surface area contributed by atoms with Crippen LogP contribution in [0.3, 0.4) is 0 Å². The Labute approximate surface area is 61.5 Å². The van der Waals surface area contributed by atoms with Crippen LogP contribution in [0, 0.1) is 0 Å². The molecule has 0 bridgehead atoms. The Balaban J connectivity index is 2.77. The molecule has 0 unspecified atom stereocenters. The number of carboxylic acid groups (broad SMARTS) is 1. The molecule has 0 spiro atoms. The monoisotopic (exact) mass is 158 g/mol. The maximum absolute atomic E-state index is 10.5. The molecule has 11 heavy (non-hydrogen) atoms. The van der Waals surface area contributed by atoms with Crippen LogP contribution in [0.4, 0.5) is 4.79 Å². The van der Waals surface area contributed by atoms with Crippen molar-refractivity contribution in [3.8, 4) is 0 Å². The number of hydrogen-bond donors (Lipinski definition) is 4. The SMILES string of the molecule is O=C1NC(O)=C[C@@H](C(=O)O)N1. The zero-order valence-corrected chi connectivity index (χ0v) is 5.37. The molecule has 6 nitrogen and oxygen atoms in total. The molecular formula is C5H6N2O4. The van der Waals surface area contributed by atoms with Crippen LogP contribution in [0.25, 0.3) is 0 Å². The number of rotatable bonds is 1. The molecule has 1 heterocycles. The van der Waals surface area contributed by atoms with Crippen LogP contribution in [-0.2, 0) is 4.79 Å². The summed E-state index contributed by atoms with van der Waals surface area (Å²) in [5.74, 6) is -1.66. The summed E-state index contributed by atoms with van der Waals surface area (Å²) in [6.45, 7) is 0. The fourth-order valence-electron chi connectivity index (χ4n) is 0.668. The van der Waals surface area contributed by atoms with Gasteiger partial charge in [0.05, 0.1) is 0 Å². The zero-order chi connectivity index (χ0) is 8.43. The normalized spacial score (nSPS) is 23.1. The predicted molar refractivity (Wildman–Crippen MR) is 33.8 cm³/mol. The van der Waals surface area contributed by atoms with Crippen molar-refractivity contribution in [3.63, 3.8) is 0 Å². The maximum atomic E-state index is 10.5. The highest BCUT2D eigenvalue weighted by atomic mass is 16.4. The van der Waals surface area contributed by atoms with Crippen LogP contribution in [0.2, 0.25) is 0 Å². The van der Waals surface area contributed by atoms with Gasteiger partial charge >= 0.3 is 12.0 Å². The molecule has 2 amide bonds. The fourth-order valence-corrected chi connectivity index (χ4v) is 0.668. The highest BCUT2D eigenvalue weighted by Gasteiger charge is 2.22. The molecule has 6 heteroatoms. The van der Waals surface area contributed by atoms with Crippen LogP contribution >= 0.6 is 0 Å². The molecule has 0 aromatic heterocycles. The highest BCUT2D eigenvalue weighted by Crippen LogP contribution is 1.96. The highest BCUT2D eigenvalue weighted by molar-refractivity contribution is 5.86. The maximum Gasteiger partial charge on any atom is 0.330 e. The van der Waals surface area contributed by atoms with E-state index in [1.165, 1.54) is 0 Å². The van der Waals surface area contributed by atoms with Crippen molar-refractivity contribution in [1.82, 2.24) is 10.6 Å². The summed E-state index contributed by atoms with van der Waals surface area (Å²) in [5, 5.41) is 21.1. The Hall–Kier alpha value is -1.72. The molecule has 0 saturated heterocycles. The molecular weight excluding hydrogens is 152 g/mol. The largest absolute Gasteiger partial charge is 0.495 e. The second kappa shape index (κ2) is 2.49. The zero-order valence-electron chi connectivity index (χ0n) is 5.37. The van der Waals surface area contributed by atoms with Crippen LogP contribution in [0.1, 0.15) is 0 Å². The van der Waals surface area contributed by atoms with Gasteiger partial charge in [-0.15, -0.1) is 0 Å². The number of aliphatic hydroxyl groups is 1. The van der Waals surface area contributed by atoms with Gasteiger partial charge in [-0.1, -0.05) is 0 Å². The molecule has 1 atom stereocenters. The van der Waals surface area contributed by atoms with E-state index in [1.54, 1.807) is 0 Å². The van der Waals surface area contributed by atoms with Crippen molar-refractivity contribution in [2.75, 3.05) is 0 Å². The van der Waals surface area contributed by atoms with E-state index >= 15 is 0 Å². The molecule has 1 aliphatic rings. The Morgan fingerprint density at radius 2 is 2.27 bits per heavy atom. The lowest BCUT2D eigenvalue weighted by molar-refractivity contribution is -0.138. The van der Waals surface area contributed by atoms with Gasteiger partial charge in [-0.3, -0.25) is 5.32 Å². The molecule has 60 valence electrons. The Morgan fingerprint density at radius 3 is 2.73 bits per heavy atom. The molecule has 0 aromatic rings. The summed E-state index contributed by atoms with van der Waals surface area (Å²) in [5.41, 5.74) is 0. The minimum absolute atomic E-state index is 0.443. The average Bonchev–Trinajstić information content (AvgIpc) is 1.85. The van der Waals surface area contributed by atoms with Gasteiger partial charge in [0, 0.05) is 6.08 Å². The van der Waals surface area contributed by atoms with Crippen LogP contribution in [0.15, 0.2) is 12.0 Å². The Morgan fingerprint density at radius 1 is 1.64 bits per heavy atom. The van der Waals surface area contributed by atoms with E-state index in [0.717, 1.165) is 6.08 Å². The second-order valence-electron chi connectivity index (χ2n) is 1.97. The van der Waals surface area contributed by atoms with Gasteiger partial charge in [0.2, 0.25) is 0 Å². The van der Waals surface area contributed by atoms with Crippen molar-refractivity contribution in [2.24, 2.45) is 0 Å². The van der Waals surface area contributed by atoms with Crippen LogP contribution < -0.4 is 10.6 Å². The molecule has 0 fully saturated rings. The van der Waals surface area contributed by atoms with E-state index in [2.05, 4.69) is 5.32 Å². The van der Waals surface area contributed by atoms with E-state index in [-0.39, 0.29) is 0 Å². The van der Waals surface area contributed by atoms with Crippen molar-refractivity contribution < 1.29 is 19.8 Å². The average molecular weight is 158 g/mol. The topological polar surface area (TPSA) is 98.7 Å². The number of carbonyl (C=O) groups excluding carboxylic acids is 1. The first-order chi connectivity index (χ1) is 5.09. The summed E-state index contributed by atoms with van der Waals surface area (Å²) >= 11 is 0. The first-order valence-corrected chi connectivity index (χ1v) is 2.80. The number of amides is 2. The van der Waals surface area contributed by atoms with Crippen molar-refractivity contribution >= 4 is 12.0 Å². The van der Waals surface area contributed by atoms with Crippen LogP contribution in [0.5, 0.6) is 0 Å². The third-order valence-electron chi connectivity index (χ3n) is 1.12. The molecule has 0 aliphatic carbocycles. The van der Waals surface area contributed by atoms with E-state index in [1.807, 2.05) is 5.32 Å². The van der Waals surface area contributed by atoms with Gasteiger partial charge in [0.25, 0.3) is 0 Å². The Bertz CT molecular complexity index is 235. The van der Waals surface area contributed by atoms with Gasteiger partial charge in [0.1, 0.15) is 0 Å². The van der Waals surface area contributed by atoms with E-state index in [4.69, 9.17) is 10.2 Å². The lowest BCUT2D eigenvalue weighted by Crippen LogP contribution is -2.49. The molecule has 1 rings (SSSR count). The summed E-state index contributed by atoms with van der Waals surface area (Å²) in [4.78, 5) is 20.7. The molecule has 4 N–H and O–H groups in total. The third-order valence-corrected chi connectivity index (χ3v) is 1.12. The van der Waals surface area contributed by atoms with Crippen molar-refractivity contribution in [2.45, 2.75) is 6.04 Å². The number of aliphatic carboxylic acids is 1. The molecule has 0 saturated carbocycles. The quantitative estimate of drug-likeness (QED) is 0.399. The number of aliphatic hydroxyl groups excluding tert-OH is 1. The lowest BCUT2D eigenvalue weighted by atomic mass is 10.2. The van der Waals surface area contributed by atoms with E-state index < -0.39 is 23.9 Å². The third kappa shape index (κ3) is 1.60. The first-order valence-electron chi connectivity index (χ1n) is 2.80. The minimum atomic E-state index is -1.22. The van der Waals surface area contributed by atoms with Gasteiger partial charge in [0.15, 0.2) is 11.9 Å². The van der Waals surface area contributed by atoms with Gasteiger partial charge < -0.3 is 15.5 Å². The van der Waals surface area contributed by atoms with Gasteiger partial charge in [-0.2, -0.15) is 0 Å². The van der Waals surface area contributed by atoms with Crippen molar-refractivity contribution in [3.05, 3.63) is 12.0 Å². The van der Waals surface area contributed by atoms with E-state index in [0.29, 0.717) is 0 Å². The number of carboxylic acids is 1. The standard InChI is InChI=1S/C5H6N2O4/c8-3-1-2(4(9)10)6-5(11)7-3/h1-2,8H,(H,9,10)(H2,6,7,11)/t2-/m0/s1. The number of carbonyl (C=O) groups is 2. The summed E-state index contributed by atoms with van der Waals surface area (Å²) in [6.07, 6.45) is 0.990. The fraction of sp³-hybridized carbons (Fsp3) is 0.200. The predicted octanol–water partition coefficient (Wildman–Crippen LogP) is -0.848. The summed E-state index contributed by atoms with van der Waals surface area (Å²) in [6, 6.07) is -1.87. The summed E-state index contributed by atoms with van der Waals surface area (Å²) in [7, 11) is 0. The number of nitrogens with one attached hydrogen (secondary N) is 2. The number of hydrogen-bond acceptors (Lipinski definition) is 3. The van der Waals surface area contributed by atoms with Crippen LogP contribution in [-0.4, -0.2) is 28.3 Å². The molecule has 1 aliphatic heterocycles. The van der Waals surface area contributed by atoms with E-state index in [9.17, 15) is 9.59 Å². The second-order valence-corrected chi connectivity index (χ2v) is 1.97. The first kappa shape index (κ1) is 7.39. The smallest absolute Gasteiger partial charge is 0.330 e. The van der Waals surface area contributed by atoms with Gasteiger partial charge in [-0.05, 0) is 0 Å². The van der Waals surface area contributed by atoms with Crippen molar-refractivity contribution in [1.29, 1.82) is 0 Å². The Kier molecular flexibility index (Phi) is 1.67.